The third-order valence-electron chi connectivity index (χ3n) is 2.54. The second-order valence-corrected chi connectivity index (χ2v) is 4.33. The lowest BCUT2D eigenvalue weighted by molar-refractivity contribution is -0.137. The summed E-state index contributed by atoms with van der Waals surface area (Å²) < 4.78 is 13.0. The zero-order chi connectivity index (χ0) is 15.8. The van der Waals surface area contributed by atoms with Crippen molar-refractivity contribution in [1.29, 1.82) is 0 Å². The van der Waals surface area contributed by atoms with E-state index >= 15 is 0 Å². The number of hydrogen-bond acceptors (Lipinski definition) is 3. The van der Waals surface area contributed by atoms with Crippen molar-refractivity contribution >= 4 is 17.9 Å². The fourth-order valence-electron chi connectivity index (χ4n) is 1.67. The number of nitrogens with two attached hydrogens (primary N) is 1. The van der Waals surface area contributed by atoms with E-state index in [-0.39, 0.29) is 12.4 Å². The van der Waals surface area contributed by atoms with Gasteiger partial charge in [-0.05, 0) is 24.1 Å². The van der Waals surface area contributed by atoms with Crippen molar-refractivity contribution in [1.82, 2.24) is 10.2 Å². The van der Waals surface area contributed by atoms with Crippen molar-refractivity contribution in [2.45, 2.75) is 6.42 Å². The molecule has 0 atom stereocenters. The standard InChI is InChI=1S/C13H16FN3O4/c14-10-3-1-2-9(6-10)4-5-16-13(21)17(7-11(15)18)8-12(19)20/h1-3,6H,4-5,7-8H2,(H2,15,18)(H,16,21)(H,19,20). The number of carbonyl (C=O) groups is 3. The fourth-order valence-corrected chi connectivity index (χ4v) is 1.67. The van der Waals surface area contributed by atoms with Gasteiger partial charge in [0, 0.05) is 6.54 Å². The van der Waals surface area contributed by atoms with Crippen LogP contribution in [-0.2, 0) is 16.0 Å². The summed E-state index contributed by atoms with van der Waals surface area (Å²) in [6.45, 7) is -0.940. The van der Waals surface area contributed by atoms with E-state index in [0.29, 0.717) is 12.0 Å². The number of amides is 3. The van der Waals surface area contributed by atoms with E-state index in [1.807, 2.05) is 0 Å². The Morgan fingerprint density at radius 2 is 2.00 bits per heavy atom. The normalized spacial score (nSPS) is 9.95. The van der Waals surface area contributed by atoms with E-state index in [1.54, 1.807) is 12.1 Å². The number of aliphatic carboxylic acids is 1. The van der Waals surface area contributed by atoms with Crippen LogP contribution < -0.4 is 11.1 Å². The van der Waals surface area contributed by atoms with Crippen molar-refractivity contribution in [3.63, 3.8) is 0 Å². The SMILES string of the molecule is NC(=O)CN(CC(=O)O)C(=O)NCCc1cccc(F)c1. The molecule has 0 aliphatic rings. The third-order valence-corrected chi connectivity index (χ3v) is 2.54. The van der Waals surface area contributed by atoms with Gasteiger partial charge in [-0.15, -0.1) is 0 Å². The van der Waals surface area contributed by atoms with Gasteiger partial charge in [0.1, 0.15) is 18.9 Å². The predicted octanol–water partition coefficient (Wildman–Crippen LogP) is -0.0503. The molecule has 4 N–H and O–H groups in total. The highest BCUT2D eigenvalue weighted by atomic mass is 19.1. The molecule has 8 heteroatoms. The van der Waals surface area contributed by atoms with Crippen molar-refractivity contribution in [2.75, 3.05) is 19.6 Å². The highest BCUT2D eigenvalue weighted by Crippen LogP contribution is 2.03. The minimum atomic E-state index is -1.25. The van der Waals surface area contributed by atoms with Gasteiger partial charge in [0.05, 0.1) is 0 Å². The second-order valence-electron chi connectivity index (χ2n) is 4.33. The number of halogens is 1. The van der Waals surface area contributed by atoms with E-state index in [0.717, 1.165) is 4.90 Å². The van der Waals surface area contributed by atoms with Crippen LogP contribution >= 0.6 is 0 Å². The molecule has 7 nitrogen and oxygen atoms in total. The lowest BCUT2D eigenvalue weighted by atomic mass is 10.1. The molecule has 0 aliphatic heterocycles. The Balaban J connectivity index is 2.49. The maximum Gasteiger partial charge on any atom is 0.323 e. The molecule has 1 rings (SSSR count). The van der Waals surface area contributed by atoms with E-state index < -0.39 is 31.0 Å². The Morgan fingerprint density at radius 3 is 2.57 bits per heavy atom. The van der Waals surface area contributed by atoms with Crippen molar-refractivity contribution in [2.24, 2.45) is 5.73 Å². The summed E-state index contributed by atoms with van der Waals surface area (Å²) in [5.74, 6) is -2.44. The van der Waals surface area contributed by atoms with Gasteiger partial charge in [0.2, 0.25) is 5.91 Å². The largest absolute Gasteiger partial charge is 0.480 e. The van der Waals surface area contributed by atoms with Crippen molar-refractivity contribution < 1.29 is 23.9 Å². The lowest BCUT2D eigenvalue weighted by Gasteiger charge is -2.19. The first-order chi connectivity index (χ1) is 9.88. The number of carboxylic acids is 1. The summed E-state index contributed by atoms with van der Waals surface area (Å²) in [5.41, 5.74) is 5.64. The molecule has 0 bridgehead atoms. The van der Waals surface area contributed by atoms with Gasteiger partial charge in [-0.1, -0.05) is 12.1 Å². The Hall–Kier alpha value is -2.64. The molecule has 1 aromatic rings. The van der Waals surface area contributed by atoms with E-state index in [4.69, 9.17) is 10.8 Å². The smallest absolute Gasteiger partial charge is 0.323 e. The molecule has 3 amide bonds. The van der Waals surface area contributed by atoms with Gasteiger partial charge in [-0.25, -0.2) is 9.18 Å². The molecule has 0 unspecified atom stereocenters. The van der Waals surface area contributed by atoms with Crippen LogP contribution in [0.3, 0.4) is 0 Å². The third kappa shape index (κ3) is 6.37. The van der Waals surface area contributed by atoms with Crippen molar-refractivity contribution in [3.05, 3.63) is 35.6 Å². The maximum atomic E-state index is 13.0. The molecule has 0 radical (unpaired) electrons. The van der Waals surface area contributed by atoms with Crippen LogP contribution in [0, 0.1) is 5.82 Å². The predicted molar refractivity (Wildman–Crippen MR) is 71.9 cm³/mol. The van der Waals surface area contributed by atoms with Gasteiger partial charge in [0.25, 0.3) is 0 Å². The molecule has 0 spiro atoms. The summed E-state index contributed by atoms with van der Waals surface area (Å²) in [4.78, 5) is 33.9. The van der Waals surface area contributed by atoms with Crippen LogP contribution in [0.5, 0.6) is 0 Å². The maximum absolute atomic E-state index is 13.0. The van der Waals surface area contributed by atoms with Gasteiger partial charge >= 0.3 is 12.0 Å². The van der Waals surface area contributed by atoms with Crippen LogP contribution in [0.15, 0.2) is 24.3 Å². The lowest BCUT2D eigenvalue weighted by Crippen LogP contribution is -2.47. The van der Waals surface area contributed by atoms with Crippen LogP contribution in [0.25, 0.3) is 0 Å². The zero-order valence-corrected chi connectivity index (χ0v) is 11.2. The molecule has 1 aromatic carbocycles. The van der Waals surface area contributed by atoms with E-state index in [2.05, 4.69) is 5.32 Å². The first-order valence-electron chi connectivity index (χ1n) is 6.16. The van der Waals surface area contributed by atoms with Gasteiger partial charge in [-0.2, -0.15) is 0 Å². The first-order valence-corrected chi connectivity index (χ1v) is 6.16. The molecule has 0 fully saturated rings. The number of nitrogens with one attached hydrogen (secondary N) is 1. The Morgan fingerprint density at radius 1 is 1.29 bits per heavy atom. The Labute approximate surface area is 120 Å². The summed E-state index contributed by atoms with van der Waals surface area (Å²) in [7, 11) is 0. The summed E-state index contributed by atoms with van der Waals surface area (Å²) >= 11 is 0. The average Bonchev–Trinajstić information content (AvgIpc) is 2.36. The Kier molecular flexibility index (Phi) is 6.12. The average molecular weight is 297 g/mol. The van der Waals surface area contributed by atoms with E-state index in [1.165, 1.54) is 12.1 Å². The topological polar surface area (TPSA) is 113 Å². The molecule has 0 aliphatic carbocycles. The minimum absolute atomic E-state index is 0.178. The molecule has 0 aromatic heterocycles. The van der Waals surface area contributed by atoms with Gasteiger partial charge in [0.15, 0.2) is 0 Å². The Bertz CT molecular complexity index is 520. The first kappa shape index (κ1) is 16.4. The number of carboxylic acid groups (broad SMARTS) is 1. The van der Waals surface area contributed by atoms with Crippen molar-refractivity contribution in [3.8, 4) is 0 Å². The molecule has 0 heterocycles. The molecule has 114 valence electrons. The van der Waals surface area contributed by atoms with Gasteiger partial charge in [-0.3, -0.25) is 9.59 Å². The number of rotatable bonds is 7. The zero-order valence-electron chi connectivity index (χ0n) is 11.2. The number of nitrogens with zero attached hydrogens (tertiary/aromatic N) is 1. The quantitative estimate of drug-likeness (QED) is 0.655. The second kappa shape index (κ2) is 7.83. The molecular weight excluding hydrogens is 281 g/mol. The fraction of sp³-hybridized carbons (Fsp3) is 0.308. The molecule has 21 heavy (non-hydrogen) atoms. The minimum Gasteiger partial charge on any atom is -0.480 e. The van der Waals surface area contributed by atoms with Crippen LogP contribution in [-0.4, -0.2) is 47.5 Å². The molecule has 0 saturated carbocycles. The number of carbonyl (C=O) groups excluding carboxylic acids is 2. The highest BCUT2D eigenvalue weighted by Gasteiger charge is 2.18. The highest BCUT2D eigenvalue weighted by molar-refractivity contribution is 5.85. The number of urea groups is 1. The van der Waals surface area contributed by atoms with Gasteiger partial charge < -0.3 is 21.1 Å². The van der Waals surface area contributed by atoms with E-state index in [9.17, 15) is 18.8 Å². The summed E-state index contributed by atoms with van der Waals surface area (Å²) in [6, 6.07) is 5.19. The summed E-state index contributed by atoms with van der Waals surface area (Å²) in [5, 5.41) is 11.1. The molecule has 0 saturated heterocycles. The van der Waals surface area contributed by atoms with Crippen LogP contribution in [0.2, 0.25) is 0 Å². The monoisotopic (exact) mass is 297 g/mol. The number of hydrogen-bond donors (Lipinski definition) is 3. The summed E-state index contributed by atoms with van der Waals surface area (Å²) in [6.07, 6.45) is 0.376. The number of primary amides is 1. The van der Waals surface area contributed by atoms with Crippen LogP contribution in [0.4, 0.5) is 9.18 Å². The molecular formula is C13H16FN3O4. The van der Waals surface area contributed by atoms with Crippen LogP contribution in [0.1, 0.15) is 5.56 Å². The number of benzene rings is 1.